The Labute approximate surface area is 115 Å². The lowest BCUT2D eigenvalue weighted by atomic mass is 10.3. The molecule has 0 amide bonds. The third kappa shape index (κ3) is 2.51. The van der Waals surface area contributed by atoms with E-state index in [1.165, 1.54) is 6.07 Å². The van der Waals surface area contributed by atoms with E-state index >= 15 is 0 Å². The van der Waals surface area contributed by atoms with Gasteiger partial charge in [0.1, 0.15) is 22.8 Å². The van der Waals surface area contributed by atoms with Crippen molar-refractivity contribution >= 4 is 11.1 Å². The lowest BCUT2D eigenvalue weighted by Crippen LogP contribution is -1.95. The van der Waals surface area contributed by atoms with Crippen LogP contribution in [0.3, 0.4) is 0 Å². The van der Waals surface area contributed by atoms with Gasteiger partial charge in [0, 0.05) is 12.1 Å². The SMILES string of the molecule is COc1cccc(OCc2nc3ccc(O)cc3o2)c1. The molecule has 5 heteroatoms. The predicted molar refractivity (Wildman–Crippen MR) is 73.0 cm³/mol. The molecule has 1 N–H and O–H groups in total. The van der Waals surface area contributed by atoms with E-state index in [1.807, 2.05) is 18.2 Å². The number of phenols is 1. The highest BCUT2D eigenvalue weighted by Crippen LogP contribution is 2.23. The van der Waals surface area contributed by atoms with Gasteiger partial charge >= 0.3 is 0 Å². The molecule has 3 rings (SSSR count). The van der Waals surface area contributed by atoms with Crippen molar-refractivity contribution in [3.8, 4) is 17.2 Å². The first kappa shape index (κ1) is 12.3. The highest BCUT2D eigenvalue weighted by Gasteiger charge is 2.07. The Morgan fingerprint density at radius 1 is 1.15 bits per heavy atom. The van der Waals surface area contributed by atoms with Crippen molar-refractivity contribution in [2.75, 3.05) is 7.11 Å². The van der Waals surface area contributed by atoms with Gasteiger partial charge in [-0.15, -0.1) is 0 Å². The van der Waals surface area contributed by atoms with Crippen molar-refractivity contribution in [3.63, 3.8) is 0 Å². The summed E-state index contributed by atoms with van der Waals surface area (Å²) in [6.07, 6.45) is 0. The number of benzene rings is 2. The van der Waals surface area contributed by atoms with Crippen LogP contribution in [0.4, 0.5) is 0 Å². The summed E-state index contributed by atoms with van der Waals surface area (Å²) in [4.78, 5) is 4.28. The molecule has 0 unspecified atom stereocenters. The first-order valence-corrected chi connectivity index (χ1v) is 6.10. The molecule has 0 aliphatic carbocycles. The summed E-state index contributed by atoms with van der Waals surface area (Å²) in [5.74, 6) is 2.00. The van der Waals surface area contributed by atoms with Crippen LogP contribution >= 0.6 is 0 Å². The number of ether oxygens (including phenoxy) is 2. The number of aromatic nitrogens is 1. The van der Waals surface area contributed by atoms with Gasteiger partial charge in [-0.05, 0) is 24.3 Å². The Morgan fingerprint density at radius 3 is 2.85 bits per heavy atom. The Morgan fingerprint density at radius 2 is 2.00 bits per heavy atom. The zero-order valence-corrected chi connectivity index (χ0v) is 10.9. The van der Waals surface area contributed by atoms with Crippen LogP contribution in [-0.4, -0.2) is 17.2 Å². The third-order valence-electron chi connectivity index (χ3n) is 2.82. The largest absolute Gasteiger partial charge is 0.508 e. The van der Waals surface area contributed by atoms with E-state index < -0.39 is 0 Å². The number of hydrogen-bond acceptors (Lipinski definition) is 5. The standard InChI is InChI=1S/C15H13NO4/c1-18-11-3-2-4-12(8-11)19-9-15-16-13-6-5-10(17)7-14(13)20-15/h2-8,17H,9H2,1H3. The number of nitrogens with zero attached hydrogens (tertiary/aromatic N) is 1. The highest BCUT2D eigenvalue weighted by atomic mass is 16.5. The summed E-state index contributed by atoms with van der Waals surface area (Å²) in [7, 11) is 1.60. The minimum absolute atomic E-state index is 0.147. The average molecular weight is 271 g/mol. The number of oxazole rings is 1. The maximum Gasteiger partial charge on any atom is 0.233 e. The number of phenolic OH excluding ortho intramolecular Hbond substituents is 1. The van der Waals surface area contributed by atoms with E-state index in [4.69, 9.17) is 13.9 Å². The molecule has 0 saturated carbocycles. The minimum Gasteiger partial charge on any atom is -0.508 e. The molecule has 0 fully saturated rings. The summed E-state index contributed by atoms with van der Waals surface area (Å²) in [5, 5.41) is 9.37. The van der Waals surface area contributed by atoms with Gasteiger partial charge in [-0.1, -0.05) is 6.07 Å². The molecule has 0 aliphatic heterocycles. The molecule has 0 bridgehead atoms. The van der Waals surface area contributed by atoms with Crippen molar-refractivity contribution in [3.05, 3.63) is 48.4 Å². The summed E-state index contributed by atoms with van der Waals surface area (Å²) in [6, 6.07) is 12.1. The number of methoxy groups -OCH3 is 1. The van der Waals surface area contributed by atoms with Gasteiger partial charge in [0.15, 0.2) is 12.2 Å². The van der Waals surface area contributed by atoms with E-state index in [0.29, 0.717) is 22.7 Å². The summed E-state index contributed by atoms with van der Waals surface area (Å²) in [6.45, 7) is 0.211. The Bertz CT molecular complexity index is 736. The Balaban J connectivity index is 1.76. The van der Waals surface area contributed by atoms with Gasteiger partial charge in [-0.3, -0.25) is 0 Å². The van der Waals surface area contributed by atoms with Crippen molar-refractivity contribution in [2.24, 2.45) is 0 Å². The molecule has 0 spiro atoms. The van der Waals surface area contributed by atoms with Crippen LogP contribution in [0.5, 0.6) is 17.2 Å². The maximum atomic E-state index is 9.37. The topological polar surface area (TPSA) is 64.7 Å². The first-order chi connectivity index (χ1) is 9.74. The fourth-order valence-electron chi connectivity index (χ4n) is 1.86. The number of hydrogen-bond donors (Lipinski definition) is 1. The van der Waals surface area contributed by atoms with Crippen molar-refractivity contribution < 1.29 is 19.0 Å². The van der Waals surface area contributed by atoms with Crippen molar-refractivity contribution in [2.45, 2.75) is 6.61 Å². The van der Waals surface area contributed by atoms with Gasteiger partial charge in [0.25, 0.3) is 0 Å². The van der Waals surface area contributed by atoms with Gasteiger partial charge < -0.3 is 19.0 Å². The van der Waals surface area contributed by atoms with Crippen LogP contribution in [-0.2, 0) is 6.61 Å². The predicted octanol–water partition coefficient (Wildman–Crippen LogP) is 3.12. The van der Waals surface area contributed by atoms with E-state index in [9.17, 15) is 5.11 Å². The van der Waals surface area contributed by atoms with Crippen LogP contribution in [0.1, 0.15) is 5.89 Å². The second-order valence-corrected chi connectivity index (χ2v) is 4.23. The summed E-state index contributed by atoms with van der Waals surface area (Å²) < 4.78 is 16.2. The third-order valence-corrected chi connectivity index (χ3v) is 2.82. The van der Waals surface area contributed by atoms with Gasteiger partial charge in [0.05, 0.1) is 7.11 Å². The van der Waals surface area contributed by atoms with Crippen LogP contribution < -0.4 is 9.47 Å². The summed E-state index contributed by atoms with van der Waals surface area (Å²) in [5.41, 5.74) is 1.22. The zero-order chi connectivity index (χ0) is 13.9. The normalized spacial score (nSPS) is 10.7. The molecule has 3 aromatic rings. The van der Waals surface area contributed by atoms with Crippen molar-refractivity contribution in [1.29, 1.82) is 0 Å². The molecule has 0 radical (unpaired) electrons. The van der Waals surface area contributed by atoms with E-state index in [-0.39, 0.29) is 12.4 Å². The molecule has 20 heavy (non-hydrogen) atoms. The highest BCUT2D eigenvalue weighted by molar-refractivity contribution is 5.74. The molecule has 0 aliphatic rings. The molecule has 2 aromatic carbocycles. The molecule has 1 aromatic heterocycles. The van der Waals surface area contributed by atoms with Crippen molar-refractivity contribution in [1.82, 2.24) is 4.98 Å². The fourth-order valence-corrected chi connectivity index (χ4v) is 1.86. The molecule has 5 nitrogen and oxygen atoms in total. The van der Waals surface area contributed by atoms with E-state index in [2.05, 4.69) is 4.98 Å². The fraction of sp³-hybridized carbons (Fsp3) is 0.133. The van der Waals surface area contributed by atoms with Crippen LogP contribution in [0.2, 0.25) is 0 Å². The number of aromatic hydroxyl groups is 1. The lowest BCUT2D eigenvalue weighted by molar-refractivity contribution is 0.265. The molecule has 0 saturated heterocycles. The summed E-state index contributed by atoms with van der Waals surface area (Å²) >= 11 is 0. The van der Waals surface area contributed by atoms with Gasteiger partial charge in [-0.2, -0.15) is 0 Å². The van der Waals surface area contributed by atoms with Crippen LogP contribution in [0.25, 0.3) is 11.1 Å². The minimum atomic E-state index is 0.147. The van der Waals surface area contributed by atoms with Gasteiger partial charge in [0.2, 0.25) is 5.89 Å². The molecule has 102 valence electrons. The smallest absolute Gasteiger partial charge is 0.233 e. The molecule has 0 atom stereocenters. The second kappa shape index (κ2) is 5.13. The lowest BCUT2D eigenvalue weighted by Gasteiger charge is -2.05. The maximum absolute atomic E-state index is 9.37. The molecular weight excluding hydrogens is 258 g/mol. The average Bonchev–Trinajstić information content (AvgIpc) is 2.87. The number of rotatable bonds is 4. The quantitative estimate of drug-likeness (QED) is 0.789. The number of fused-ring (bicyclic) bond motifs is 1. The van der Waals surface area contributed by atoms with Crippen LogP contribution in [0, 0.1) is 0 Å². The monoisotopic (exact) mass is 271 g/mol. The molecule has 1 heterocycles. The van der Waals surface area contributed by atoms with Crippen LogP contribution in [0.15, 0.2) is 46.9 Å². The Kier molecular flexibility index (Phi) is 3.16. The first-order valence-electron chi connectivity index (χ1n) is 6.10. The zero-order valence-electron chi connectivity index (χ0n) is 10.9. The second-order valence-electron chi connectivity index (χ2n) is 4.23. The van der Waals surface area contributed by atoms with E-state index in [1.54, 1.807) is 25.3 Å². The Hall–Kier alpha value is -2.69. The van der Waals surface area contributed by atoms with E-state index in [0.717, 1.165) is 5.75 Å². The molecular formula is C15H13NO4. The van der Waals surface area contributed by atoms with Gasteiger partial charge in [-0.25, -0.2) is 4.98 Å².